The number of nitrogens with zero attached hydrogens (tertiary/aromatic N) is 1. The first kappa shape index (κ1) is 8.24. The Hall–Kier alpha value is -1.37. The first-order valence-corrected chi connectivity index (χ1v) is 4.17. The van der Waals surface area contributed by atoms with E-state index in [2.05, 4.69) is 6.07 Å². The number of nitrogens with two attached hydrogens (primary N) is 1. The van der Waals surface area contributed by atoms with Crippen LogP contribution in [0.3, 0.4) is 0 Å². The predicted molar refractivity (Wildman–Crippen MR) is 47.7 cm³/mol. The Morgan fingerprint density at radius 3 is 3.15 bits per heavy atom. The maximum absolute atomic E-state index is 8.68. The van der Waals surface area contributed by atoms with Crippen LogP contribution in [0.5, 0.6) is 0 Å². The van der Waals surface area contributed by atoms with Gasteiger partial charge < -0.3 is 10.5 Å². The molecule has 1 heterocycles. The first-order chi connectivity index (χ1) is 6.31. The number of benzene rings is 1. The van der Waals surface area contributed by atoms with Crippen LogP contribution in [-0.2, 0) is 11.3 Å². The second-order valence-electron chi connectivity index (χ2n) is 3.15. The van der Waals surface area contributed by atoms with E-state index < -0.39 is 0 Å². The summed E-state index contributed by atoms with van der Waals surface area (Å²) in [5.41, 5.74) is 8.64. The summed E-state index contributed by atoms with van der Waals surface area (Å²) in [6.07, 6.45) is 0. The lowest BCUT2D eigenvalue weighted by molar-refractivity contribution is 0.0924. The van der Waals surface area contributed by atoms with Crippen molar-refractivity contribution < 1.29 is 4.74 Å². The third kappa shape index (κ3) is 1.42. The minimum atomic E-state index is -0.0449. The van der Waals surface area contributed by atoms with Crippen LogP contribution in [0.1, 0.15) is 22.7 Å². The number of fused-ring (bicyclic) bond motifs is 1. The second-order valence-corrected chi connectivity index (χ2v) is 3.15. The summed E-state index contributed by atoms with van der Waals surface area (Å²) < 4.78 is 5.27. The van der Waals surface area contributed by atoms with E-state index in [0.717, 1.165) is 11.1 Å². The van der Waals surface area contributed by atoms with Gasteiger partial charge in [0.25, 0.3) is 0 Å². The Labute approximate surface area is 76.7 Å². The second kappa shape index (κ2) is 3.17. The summed E-state index contributed by atoms with van der Waals surface area (Å²) in [5, 5.41) is 8.68. The van der Waals surface area contributed by atoms with E-state index >= 15 is 0 Å². The van der Waals surface area contributed by atoms with E-state index in [1.807, 2.05) is 12.1 Å². The van der Waals surface area contributed by atoms with E-state index in [4.69, 9.17) is 15.7 Å². The van der Waals surface area contributed by atoms with Gasteiger partial charge in [0.05, 0.1) is 30.9 Å². The van der Waals surface area contributed by atoms with E-state index in [1.54, 1.807) is 6.07 Å². The minimum Gasteiger partial charge on any atom is -0.375 e. The molecule has 0 fully saturated rings. The van der Waals surface area contributed by atoms with Crippen molar-refractivity contribution in [2.45, 2.75) is 12.6 Å². The van der Waals surface area contributed by atoms with Crippen LogP contribution < -0.4 is 5.73 Å². The van der Waals surface area contributed by atoms with Gasteiger partial charge in [0, 0.05) is 0 Å². The maximum atomic E-state index is 8.68. The molecule has 0 saturated heterocycles. The smallest absolute Gasteiger partial charge is 0.0991 e. The molecule has 66 valence electrons. The fraction of sp³-hybridized carbons (Fsp3) is 0.300. The molecule has 2 N–H and O–H groups in total. The summed E-state index contributed by atoms with van der Waals surface area (Å²) in [6.45, 7) is 1.14. The van der Waals surface area contributed by atoms with Gasteiger partial charge >= 0.3 is 0 Å². The van der Waals surface area contributed by atoms with Crippen LogP contribution in [0, 0.1) is 11.3 Å². The van der Waals surface area contributed by atoms with Crippen molar-refractivity contribution in [3.63, 3.8) is 0 Å². The van der Waals surface area contributed by atoms with Crippen molar-refractivity contribution >= 4 is 0 Å². The third-order valence-electron chi connectivity index (χ3n) is 2.23. The number of hydrogen-bond donors (Lipinski definition) is 1. The van der Waals surface area contributed by atoms with Gasteiger partial charge in [-0.1, -0.05) is 6.07 Å². The van der Waals surface area contributed by atoms with E-state index in [9.17, 15) is 0 Å². The highest BCUT2D eigenvalue weighted by atomic mass is 16.5. The zero-order valence-corrected chi connectivity index (χ0v) is 7.16. The molecule has 1 aromatic carbocycles. The molecule has 3 heteroatoms. The lowest BCUT2D eigenvalue weighted by Gasteiger charge is -2.22. The van der Waals surface area contributed by atoms with E-state index in [0.29, 0.717) is 18.8 Å². The minimum absolute atomic E-state index is 0.0449. The molecule has 1 aliphatic rings. The van der Waals surface area contributed by atoms with Crippen LogP contribution >= 0.6 is 0 Å². The van der Waals surface area contributed by atoms with E-state index in [1.165, 1.54) is 0 Å². The molecule has 0 amide bonds. The quantitative estimate of drug-likeness (QED) is 0.640. The standard InChI is InChI=1S/C10H10N2O/c11-4-7-1-2-9-8(3-7)5-13-6-10(9)12/h1-3,10H,5-6,12H2/t10-/m0/s1. The molecule has 3 nitrogen and oxygen atoms in total. The third-order valence-corrected chi connectivity index (χ3v) is 2.23. The number of nitriles is 1. The normalized spacial score (nSPS) is 20.5. The highest BCUT2D eigenvalue weighted by Gasteiger charge is 2.16. The van der Waals surface area contributed by atoms with Crippen LogP contribution in [0.2, 0.25) is 0 Å². The molecular weight excluding hydrogens is 164 g/mol. The fourth-order valence-corrected chi connectivity index (χ4v) is 1.55. The topological polar surface area (TPSA) is 59.0 Å². The van der Waals surface area contributed by atoms with Gasteiger partial charge in [0.2, 0.25) is 0 Å². The molecule has 1 aromatic rings. The Morgan fingerprint density at radius 1 is 1.54 bits per heavy atom. The van der Waals surface area contributed by atoms with Crippen molar-refractivity contribution in [2.24, 2.45) is 5.73 Å². The van der Waals surface area contributed by atoms with Crippen LogP contribution in [0.15, 0.2) is 18.2 Å². The Balaban J connectivity index is 2.47. The van der Waals surface area contributed by atoms with Crippen LogP contribution in [0.4, 0.5) is 0 Å². The van der Waals surface area contributed by atoms with Gasteiger partial charge in [0.15, 0.2) is 0 Å². The lowest BCUT2D eigenvalue weighted by Crippen LogP contribution is -2.23. The predicted octanol–water partition coefficient (Wildman–Crippen LogP) is 1.09. The van der Waals surface area contributed by atoms with Crippen LogP contribution in [0.25, 0.3) is 0 Å². The molecule has 0 aromatic heterocycles. The molecule has 2 rings (SSSR count). The first-order valence-electron chi connectivity index (χ1n) is 4.17. The van der Waals surface area contributed by atoms with E-state index in [-0.39, 0.29) is 6.04 Å². The van der Waals surface area contributed by atoms with Crippen LogP contribution in [-0.4, -0.2) is 6.61 Å². The average Bonchev–Trinajstić information content (AvgIpc) is 2.18. The summed E-state index contributed by atoms with van der Waals surface area (Å²) in [7, 11) is 0. The summed E-state index contributed by atoms with van der Waals surface area (Å²) in [4.78, 5) is 0. The summed E-state index contributed by atoms with van der Waals surface area (Å²) >= 11 is 0. The zero-order chi connectivity index (χ0) is 9.26. The van der Waals surface area contributed by atoms with Crippen molar-refractivity contribution in [1.29, 1.82) is 5.26 Å². The van der Waals surface area contributed by atoms with Crippen molar-refractivity contribution in [2.75, 3.05) is 6.61 Å². The molecule has 0 spiro atoms. The Morgan fingerprint density at radius 2 is 2.38 bits per heavy atom. The highest BCUT2D eigenvalue weighted by Crippen LogP contribution is 2.23. The number of rotatable bonds is 0. The number of ether oxygens (including phenoxy) is 1. The molecular formula is C10H10N2O. The summed E-state index contributed by atoms with van der Waals surface area (Å²) in [6, 6.07) is 7.61. The molecule has 0 radical (unpaired) electrons. The van der Waals surface area contributed by atoms with Gasteiger partial charge in [-0.15, -0.1) is 0 Å². The van der Waals surface area contributed by atoms with Crippen molar-refractivity contribution in [1.82, 2.24) is 0 Å². The molecule has 0 aliphatic carbocycles. The number of hydrogen-bond acceptors (Lipinski definition) is 3. The molecule has 1 atom stereocenters. The molecule has 1 aliphatic heterocycles. The largest absolute Gasteiger partial charge is 0.375 e. The average molecular weight is 174 g/mol. The van der Waals surface area contributed by atoms with Crippen molar-refractivity contribution in [3.8, 4) is 6.07 Å². The zero-order valence-electron chi connectivity index (χ0n) is 7.16. The fourth-order valence-electron chi connectivity index (χ4n) is 1.55. The van der Waals surface area contributed by atoms with Gasteiger partial charge in [0.1, 0.15) is 0 Å². The lowest BCUT2D eigenvalue weighted by atomic mass is 9.98. The molecule has 0 saturated carbocycles. The SMILES string of the molecule is N#Cc1ccc2c(c1)COC[C@@H]2N. The van der Waals surface area contributed by atoms with Gasteiger partial charge in [-0.25, -0.2) is 0 Å². The highest BCUT2D eigenvalue weighted by molar-refractivity contribution is 5.40. The molecule has 13 heavy (non-hydrogen) atoms. The summed E-state index contributed by atoms with van der Waals surface area (Å²) in [5.74, 6) is 0. The Bertz CT molecular complexity index is 368. The maximum Gasteiger partial charge on any atom is 0.0991 e. The van der Waals surface area contributed by atoms with Gasteiger partial charge in [-0.3, -0.25) is 0 Å². The Kier molecular flexibility index (Phi) is 2.01. The molecule has 0 unspecified atom stereocenters. The van der Waals surface area contributed by atoms with Gasteiger partial charge in [-0.05, 0) is 23.3 Å². The van der Waals surface area contributed by atoms with Gasteiger partial charge in [-0.2, -0.15) is 5.26 Å². The molecule has 0 bridgehead atoms. The monoisotopic (exact) mass is 174 g/mol. The van der Waals surface area contributed by atoms with Crippen molar-refractivity contribution in [3.05, 3.63) is 34.9 Å².